The Morgan fingerprint density at radius 3 is 2.71 bits per heavy atom. The van der Waals surface area contributed by atoms with Crippen molar-refractivity contribution < 1.29 is 19.3 Å². The molecule has 7 nitrogen and oxygen atoms in total. The number of hydrogen-bond acceptors (Lipinski definition) is 6. The zero-order valence-electron chi connectivity index (χ0n) is 29.3. The SMILES string of the molecule is CCC1CN(CCc2c([C@H](CC)c3cc4c(cc3OC)N(C)C3C(O)C(O)C5C=CCN6CCC43C56)[nH]c3ccccc23)CC(C)(F)C1. The Labute approximate surface area is 284 Å². The lowest BCUT2D eigenvalue weighted by atomic mass is 9.58. The lowest BCUT2D eigenvalue weighted by Gasteiger charge is -2.54. The quantitative estimate of drug-likeness (QED) is 0.268. The van der Waals surface area contributed by atoms with Crippen LogP contribution in [0.2, 0.25) is 0 Å². The highest BCUT2D eigenvalue weighted by atomic mass is 19.1. The number of likely N-dealkylation sites (tertiary alicyclic amines) is 1. The first-order chi connectivity index (χ1) is 23.1. The van der Waals surface area contributed by atoms with Crippen molar-refractivity contribution in [1.82, 2.24) is 14.8 Å². The van der Waals surface area contributed by atoms with E-state index in [9.17, 15) is 10.2 Å². The highest BCUT2D eigenvalue weighted by Gasteiger charge is 2.68. The van der Waals surface area contributed by atoms with Crippen molar-refractivity contribution in [2.75, 3.05) is 51.8 Å². The van der Waals surface area contributed by atoms with Gasteiger partial charge in [-0.1, -0.05) is 50.6 Å². The number of alkyl halides is 1. The number of aromatic amines is 1. The molecule has 8 unspecified atom stereocenters. The number of piperidine rings is 1. The fourth-order valence-electron chi connectivity index (χ4n) is 11.1. The van der Waals surface area contributed by atoms with Crippen molar-refractivity contribution in [3.63, 3.8) is 0 Å². The van der Waals surface area contributed by atoms with Crippen molar-refractivity contribution in [3.05, 3.63) is 70.9 Å². The third kappa shape index (κ3) is 4.73. The second-order valence-electron chi connectivity index (χ2n) is 15.8. The summed E-state index contributed by atoms with van der Waals surface area (Å²) in [6, 6.07) is 13.1. The molecule has 48 heavy (non-hydrogen) atoms. The van der Waals surface area contributed by atoms with E-state index in [1.54, 1.807) is 14.0 Å². The molecule has 1 saturated carbocycles. The van der Waals surface area contributed by atoms with Crippen LogP contribution in [0.3, 0.4) is 0 Å². The largest absolute Gasteiger partial charge is 0.496 e. The van der Waals surface area contributed by atoms with Gasteiger partial charge in [-0.3, -0.25) is 9.80 Å². The van der Waals surface area contributed by atoms with Crippen LogP contribution in [0, 0.1) is 11.8 Å². The number of halogens is 1. The molecule has 0 radical (unpaired) electrons. The number of benzene rings is 2. The van der Waals surface area contributed by atoms with Crippen molar-refractivity contribution in [1.29, 1.82) is 0 Å². The summed E-state index contributed by atoms with van der Waals surface area (Å²) in [5, 5.41) is 24.4. The second-order valence-corrected chi connectivity index (χ2v) is 15.8. The van der Waals surface area contributed by atoms with Crippen LogP contribution < -0.4 is 9.64 Å². The molecule has 8 heteroatoms. The molecule has 0 bridgehead atoms. The van der Waals surface area contributed by atoms with Crippen molar-refractivity contribution >= 4 is 16.6 Å². The van der Waals surface area contributed by atoms with E-state index in [4.69, 9.17) is 4.74 Å². The Morgan fingerprint density at radius 1 is 1.12 bits per heavy atom. The van der Waals surface area contributed by atoms with Gasteiger partial charge in [0.15, 0.2) is 0 Å². The molecule has 0 amide bonds. The first kappa shape index (κ1) is 32.3. The van der Waals surface area contributed by atoms with Gasteiger partial charge < -0.3 is 24.8 Å². The lowest BCUT2D eigenvalue weighted by Crippen LogP contribution is -2.69. The number of ether oxygens (including phenoxy) is 1. The molecule has 1 aliphatic carbocycles. The number of methoxy groups -OCH3 is 1. The number of nitrogens with zero attached hydrogens (tertiary/aromatic N) is 3. The minimum atomic E-state index is -1.15. The van der Waals surface area contributed by atoms with Gasteiger partial charge in [0.1, 0.15) is 17.5 Å². The molecule has 8 rings (SSSR count). The van der Waals surface area contributed by atoms with E-state index in [2.05, 4.69) is 89.1 Å². The smallest absolute Gasteiger partial charge is 0.124 e. The van der Waals surface area contributed by atoms with E-state index >= 15 is 4.39 Å². The number of H-pyrrole nitrogens is 1. The number of anilines is 1. The zero-order chi connectivity index (χ0) is 33.5. The standard InChI is InChI=1S/C40H53FN4O3/c1-6-24-21-39(3,41)23-44(22-24)17-14-27-26-11-8-9-13-31(26)42-34(27)25(7-2)29-19-30-32(20-33(29)48-5)43(4)38-36(47)35(46)28-12-10-16-45-18-15-40(30,38)37(28)45/h8-13,19-20,24-25,28,35-38,42,46-47H,6-7,14-18,21-23H2,1-5H3/t24?,25-,28?,35?,36?,37?,38?,39?,40?/m1/s1. The van der Waals surface area contributed by atoms with Crippen molar-refractivity contribution in [2.45, 2.75) is 94.2 Å². The van der Waals surface area contributed by atoms with Gasteiger partial charge in [0.2, 0.25) is 0 Å². The van der Waals surface area contributed by atoms with Gasteiger partial charge in [-0.05, 0) is 68.3 Å². The number of para-hydroxylation sites is 1. The average molecular weight is 657 g/mol. The summed E-state index contributed by atoms with van der Waals surface area (Å²) < 4.78 is 21.6. The third-order valence-electron chi connectivity index (χ3n) is 13.1. The molecule has 3 fully saturated rings. The predicted molar refractivity (Wildman–Crippen MR) is 190 cm³/mol. The van der Waals surface area contributed by atoms with E-state index in [0.29, 0.717) is 18.9 Å². The van der Waals surface area contributed by atoms with Crippen LogP contribution in [0.5, 0.6) is 5.75 Å². The van der Waals surface area contributed by atoms with Gasteiger partial charge in [0.25, 0.3) is 0 Å². The van der Waals surface area contributed by atoms with E-state index in [1.165, 1.54) is 22.2 Å². The maximum atomic E-state index is 15.4. The molecule has 258 valence electrons. The van der Waals surface area contributed by atoms with Crippen LogP contribution in [0.15, 0.2) is 48.6 Å². The maximum Gasteiger partial charge on any atom is 0.124 e. The van der Waals surface area contributed by atoms with Crippen LogP contribution in [0.4, 0.5) is 10.1 Å². The maximum absolute atomic E-state index is 15.4. The number of nitrogens with one attached hydrogen (secondary N) is 1. The molecule has 3 N–H and O–H groups in total. The minimum Gasteiger partial charge on any atom is -0.496 e. The molecule has 1 aromatic heterocycles. The Morgan fingerprint density at radius 2 is 1.94 bits per heavy atom. The molecule has 4 aliphatic heterocycles. The van der Waals surface area contributed by atoms with E-state index in [0.717, 1.165) is 74.4 Å². The summed E-state index contributed by atoms with van der Waals surface area (Å²) in [5.74, 6) is 1.20. The lowest BCUT2D eigenvalue weighted by molar-refractivity contribution is -0.0912. The fraction of sp³-hybridized carbons (Fsp3) is 0.600. The summed E-state index contributed by atoms with van der Waals surface area (Å²) >= 11 is 0. The Hall–Kier alpha value is -2.91. The highest BCUT2D eigenvalue weighted by Crippen LogP contribution is 2.61. The summed E-state index contributed by atoms with van der Waals surface area (Å²) in [4.78, 5) is 11.0. The van der Waals surface area contributed by atoms with Gasteiger partial charge in [0, 0.05) is 90.4 Å². The van der Waals surface area contributed by atoms with Gasteiger partial charge in [-0.25, -0.2) is 4.39 Å². The molecule has 2 saturated heterocycles. The van der Waals surface area contributed by atoms with Gasteiger partial charge >= 0.3 is 0 Å². The number of aliphatic hydroxyl groups excluding tert-OH is 2. The van der Waals surface area contributed by atoms with Crippen LogP contribution in [-0.2, 0) is 11.8 Å². The number of aromatic nitrogens is 1. The van der Waals surface area contributed by atoms with E-state index in [1.807, 2.05) is 0 Å². The number of aliphatic hydroxyl groups is 2. The summed E-state index contributed by atoms with van der Waals surface area (Å²) in [6.45, 7) is 10.3. The number of hydrogen-bond donors (Lipinski definition) is 3. The summed E-state index contributed by atoms with van der Waals surface area (Å²) in [6.07, 6.45) is 7.01. The predicted octanol–water partition coefficient (Wildman–Crippen LogP) is 5.77. The highest BCUT2D eigenvalue weighted by molar-refractivity contribution is 5.85. The average Bonchev–Trinajstić information content (AvgIpc) is 3.72. The topological polar surface area (TPSA) is 75.2 Å². The molecular weight excluding hydrogens is 603 g/mol. The summed E-state index contributed by atoms with van der Waals surface area (Å²) in [7, 11) is 3.84. The van der Waals surface area contributed by atoms with E-state index in [-0.39, 0.29) is 29.3 Å². The molecule has 2 aromatic carbocycles. The number of likely N-dealkylation sites (N-methyl/N-ethyl adjacent to an activating group) is 1. The zero-order valence-corrected chi connectivity index (χ0v) is 29.3. The molecule has 5 aliphatic rings. The van der Waals surface area contributed by atoms with Crippen LogP contribution in [0.25, 0.3) is 10.9 Å². The van der Waals surface area contributed by atoms with Crippen LogP contribution in [0.1, 0.15) is 74.8 Å². The first-order valence-corrected chi connectivity index (χ1v) is 18.3. The molecule has 1 spiro atoms. The Bertz CT molecular complexity index is 1720. The molecule has 9 atom stereocenters. The number of rotatable bonds is 8. The molecular formula is C40H53FN4O3. The minimum absolute atomic E-state index is 0.0586. The molecule has 3 aromatic rings. The third-order valence-corrected chi connectivity index (χ3v) is 13.1. The monoisotopic (exact) mass is 656 g/mol. The van der Waals surface area contributed by atoms with Crippen LogP contribution >= 0.6 is 0 Å². The van der Waals surface area contributed by atoms with Crippen molar-refractivity contribution in [2.24, 2.45) is 11.8 Å². The van der Waals surface area contributed by atoms with Gasteiger partial charge in [-0.15, -0.1) is 0 Å². The molecule has 5 heterocycles. The van der Waals surface area contributed by atoms with Gasteiger partial charge in [-0.2, -0.15) is 0 Å². The Balaban J connectivity index is 1.22. The first-order valence-electron chi connectivity index (χ1n) is 18.3. The van der Waals surface area contributed by atoms with Gasteiger partial charge in [0.05, 0.1) is 19.3 Å². The van der Waals surface area contributed by atoms with Crippen LogP contribution in [-0.4, -0.2) is 102 Å². The fourth-order valence-corrected chi connectivity index (χ4v) is 11.1. The van der Waals surface area contributed by atoms with Crippen molar-refractivity contribution in [3.8, 4) is 5.75 Å². The second kappa shape index (κ2) is 11.9. The van der Waals surface area contributed by atoms with E-state index < -0.39 is 17.9 Å². The Kier molecular flexibility index (Phi) is 7.98. The normalized spacial score (nSPS) is 35.1. The number of fused-ring (bicyclic) bond motifs is 2. The summed E-state index contributed by atoms with van der Waals surface area (Å²) in [5.41, 5.74) is 5.77.